The zero-order chi connectivity index (χ0) is 19.5. The Bertz CT molecular complexity index is 757. The topological polar surface area (TPSA) is 24.1 Å². The number of halogens is 3. The molecule has 0 atom stereocenters. The number of para-hydroxylation sites is 2. The first-order valence-electron chi connectivity index (χ1n) is 8.48. The highest BCUT2D eigenvalue weighted by Gasteiger charge is 2.33. The molecule has 0 aliphatic rings. The molecule has 0 saturated heterocycles. The van der Waals surface area contributed by atoms with Gasteiger partial charge in [0, 0.05) is 5.69 Å². The standard InChI is InChI=1S/C20H23F3N2S/c1-12(2)14-8-7-9-15(13(3)4)18(14)25-19(26)24-17-11-6-5-10-16(17)20(21,22)23/h5-13H,1-4H3,(H2,24,25,26). The second-order valence-electron chi connectivity index (χ2n) is 6.74. The summed E-state index contributed by atoms with van der Waals surface area (Å²) in [7, 11) is 0. The molecule has 0 aliphatic carbocycles. The van der Waals surface area contributed by atoms with Crippen molar-refractivity contribution in [3.8, 4) is 0 Å². The summed E-state index contributed by atoms with van der Waals surface area (Å²) >= 11 is 5.30. The fourth-order valence-corrected chi connectivity index (χ4v) is 3.01. The smallest absolute Gasteiger partial charge is 0.332 e. The lowest BCUT2D eigenvalue weighted by molar-refractivity contribution is -0.136. The van der Waals surface area contributed by atoms with Crippen molar-refractivity contribution < 1.29 is 13.2 Å². The van der Waals surface area contributed by atoms with Crippen molar-refractivity contribution in [2.75, 3.05) is 10.6 Å². The van der Waals surface area contributed by atoms with E-state index in [9.17, 15) is 13.2 Å². The third kappa shape index (κ3) is 4.75. The molecule has 2 aromatic rings. The van der Waals surface area contributed by atoms with Crippen molar-refractivity contribution in [1.29, 1.82) is 0 Å². The van der Waals surface area contributed by atoms with E-state index in [1.54, 1.807) is 6.07 Å². The average Bonchev–Trinajstić information content (AvgIpc) is 2.53. The monoisotopic (exact) mass is 380 g/mol. The van der Waals surface area contributed by atoms with E-state index < -0.39 is 11.7 Å². The minimum Gasteiger partial charge on any atom is -0.332 e. The Morgan fingerprint density at radius 2 is 1.38 bits per heavy atom. The summed E-state index contributed by atoms with van der Waals surface area (Å²) in [5.41, 5.74) is 2.20. The van der Waals surface area contributed by atoms with Crippen molar-refractivity contribution in [2.45, 2.75) is 45.7 Å². The van der Waals surface area contributed by atoms with E-state index in [-0.39, 0.29) is 22.6 Å². The van der Waals surface area contributed by atoms with Crippen molar-refractivity contribution in [1.82, 2.24) is 0 Å². The Hall–Kier alpha value is -2.08. The van der Waals surface area contributed by atoms with Crippen LogP contribution in [-0.4, -0.2) is 5.11 Å². The Morgan fingerprint density at radius 1 is 0.846 bits per heavy atom. The highest BCUT2D eigenvalue weighted by molar-refractivity contribution is 7.80. The van der Waals surface area contributed by atoms with E-state index in [4.69, 9.17) is 12.2 Å². The molecule has 0 aromatic heterocycles. The van der Waals surface area contributed by atoms with Crippen LogP contribution in [0.5, 0.6) is 0 Å². The van der Waals surface area contributed by atoms with Crippen LogP contribution in [-0.2, 0) is 6.18 Å². The van der Waals surface area contributed by atoms with Gasteiger partial charge in [0.2, 0.25) is 0 Å². The molecule has 2 nitrogen and oxygen atoms in total. The number of thiocarbonyl (C=S) groups is 1. The number of hydrogen-bond acceptors (Lipinski definition) is 1. The summed E-state index contributed by atoms with van der Waals surface area (Å²) in [6.07, 6.45) is -4.45. The van der Waals surface area contributed by atoms with Gasteiger partial charge < -0.3 is 10.6 Å². The largest absolute Gasteiger partial charge is 0.418 e. The molecule has 2 N–H and O–H groups in total. The van der Waals surface area contributed by atoms with Crippen molar-refractivity contribution in [3.63, 3.8) is 0 Å². The van der Waals surface area contributed by atoms with Crippen LogP contribution < -0.4 is 10.6 Å². The minimum absolute atomic E-state index is 0.0642. The quantitative estimate of drug-likeness (QED) is 0.573. The van der Waals surface area contributed by atoms with Gasteiger partial charge in [0.05, 0.1) is 11.3 Å². The van der Waals surface area contributed by atoms with E-state index in [0.29, 0.717) is 0 Å². The van der Waals surface area contributed by atoms with Crippen molar-refractivity contribution >= 4 is 28.7 Å². The molecule has 2 rings (SSSR count). The lowest BCUT2D eigenvalue weighted by Gasteiger charge is -2.22. The van der Waals surface area contributed by atoms with Crippen molar-refractivity contribution in [2.24, 2.45) is 0 Å². The molecule has 0 spiro atoms. The van der Waals surface area contributed by atoms with Crippen LogP contribution in [0.3, 0.4) is 0 Å². The molecular weight excluding hydrogens is 357 g/mol. The molecule has 0 bridgehead atoms. The SMILES string of the molecule is CC(C)c1cccc(C(C)C)c1NC(=S)Nc1ccccc1C(F)(F)F. The molecular formula is C20H23F3N2S. The van der Waals surface area contributed by atoms with E-state index in [2.05, 4.69) is 38.3 Å². The first-order chi connectivity index (χ1) is 12.1. The van der Waals surface area contributed by atoms with E-state index in [1.807, 2.05) is 18.2 Å². The maximum absolute atomic E-state index is 13.2. The molecule has 0 fully saturated rings. The Balaban J connectivity index is 2.32. The maximum atomic E-state index is 13.2. The third-order valence-electron chi connectivity index (χ3n) is 4.09. The molecule has 6 heteroatoms. The van der Waals surface area contributed by atoms with Gasteiger partial charge in [0.1, 0.15) is 0 Å². The lowest BCUT2D eigenvalue weighted by Crippen LogP contribution is -2.23. The zero-order valence-corrected chi connectivity index (χ0v) is 16.1. The van der Waals surface area contributed by atoms with Gasteiger partial charge in [0.25, 0.3) is 0 Å². The Labute approximate surface area is 157 Å². The average molecular weight is 380 g/mol. The third-order valence-corrected chi connectivity index (χ3v) is 4.30. The van der Waals surface area contributed by atoms with Crippen LogP contribution in [0.2, 0.25) is 0 Å². The number of hydrogen-bond donors (Lipinski definition) is 2. The molecule has 0 aliphatic heterocycles. The van der Waals surface area contributed by atoms with Crippen molar-refractivity contribution in [3.05, 3.63) is 59.2 Å². The summed E-state index contributed by atoms with van der Waals surface area (Å²) in [6, 6.07) is 11.3. The van der Waals surface area contributed by atoms with Gasteiger partial charge in [-0.25, -0.2) is 0 Å². The van der Waals surface area contributed by atoms with Crippen LogP contribution in [0.25, 0.3) is 0 Å². The van der Waals surface area contributed by atoms with Gasteiger partial charge in [-0.15, -0.1) is 0 Å². The number of rotatable bonds is 4. The van der Waals surface area contributed by atoms with Gasteiger partial charge in [0.15, 0.2) is 5.11 Å². The first kappa shape index (κ1) is 20.2. The van der Waals surface area contributed by atoms with E-state index >= 15 is 0 Å². The number of anilines is 2. The summed E-state index contributed by atoms with van der Waals surface area (Å²) in [5.74, 6) is 0.503. The van der Waals surface area contributed by atoms with Gasteiger partial charge in [-0.05, 0) is 47.3 Å². The first-order valence-corrected chi connectivity index (χ1v) is 8.89. The normalized spacial score (nSPS) is 11.7. The second kappa shape index (κ2) is 8.08. The van der Waals surface area contributed by atoms with Crippen LogP contribution in [0, 0.1) is 0 Å². The molecule has 0 heterocycles. The molecule has 0 radical (unpaired) electrons. The summed E-state index contributed by atoms with van der Waals surface area (Å²) in [6.45, 7) is 8.28. The minimum atomic E-state index is -4.45. The lowest BCUT2D eigenvalue weighted by atomic mass is 9.93. The highest BCUT2D eigenvalue weighted by atomic mass is 32.1. The van der Waals surface area contributed by atoms with Gasteiger partial charge >= 0.3 is 6.18 Å². The maximum Gasteiger partial charge on any atom is 0.418 e. The van der Waals surface area contributed by atoms with Crippen LogP contribution in [0.1, 0.15) is 56.2 Å². The van der Waals surface area contributed by atoms with Gasteiger partial charge in [-0.1, -0.05) is 58.0 Å². The highest BCUT2D eigenvalue weighted by Crippen LogP contribution is 2.35. The molecule has 0 amide bonds. The second-order valence-corrected chi connectivity index (χ2v) is 7.15. The predicted octanol–water partition coefficient (Wildman–Crippen LogP) is 6.76. The van der Waals surface area contributed by atoms with Gasteiger partial charge in [-0.3, -0.25) is 0 Å². The van der Waals surface area contributed by atoms with E-state index in [1.165, 1.54) is 12.1 Å². The molecule has 0 saturated carbocycles. The van der Waals surface area contributed by atoms with Gasteiger partial charge in [-0.2, -0.15) is 13.2 Å². The predicted molar refractivity (Wildman–Crippen MR) is 106 cm³/mol. The number of alkyl halides is 3. The molecule has 2 aromatic carbocycles. The summed E-state index contributed by atoms with van der Waals surface area (Å²) in [4.78, 5) is 0. The molecule has 0 unspecified atom stereocenters. The molecule has 26 heavy (non-hydrogen) atoms. The molecule has 140 valence electrons. The Morgan fingerprint density at radius 3 is 1.88 bits per heavy atom. The fourth-order valence-electron chi connectivity index (χ4n) is 2.80. The summed E-state index contributed by atoms with van der Waals surface area (Å²) < 4.78 is 39.5. The van der Waals surface area contributed by atoms with Crippen LogP contribution in [0.15, 0.2) is 42.5 Å². The summed E-state index contributed by atoms with van der Waals surface area (Å²) in [5, 5.41) is 5.96. The number of nitrogens with one attached hydrogen (secondary N) is 2. The fraction of sp³-hybridized carbons (Fsp3) is 0.350. The van der Waals surface area contributed by atoms with E-state index in [0.717, 1.165) is 22.9 Å². The van der Waals surface area contributed by atoms with Crippen LogP contribution >= 0.6 is 12.2 Å². The number of benzene rings is 2. The Kier molecular flexibility index (Phi) is 6.29. The van der Waals surface area contributed by atoms with Crippen LogP contribution in [0.4, 0.5) is 24.5 Å². The zero-order valence-electron chi connectivity index (χ0n) is 15.2.